The number of aromatic nitrogens is 2. The van der Waals surface area contributed by atoms with Crippen LogP contribution in [-0.2, 0) is 6.54 Å². The molecule has 1 aromatic carbocycles. The van der Waals surface area contributed by atoms with Crippen LogP contribution in [0.3, 0.4) is 0 Å². The van der Waals surface area contributed by atoms with Crippen molar-refractivity contribution in [2.24, 2.45) is 0 Å². The zero-order chi connectivity index (χ0) is 14.2. The standard InChI is InChI=1S/C14H19BrClN3/c1-9(18(3)4)8-19-13-7-11(15)5-6-12(13)17-14(19)10(2)16/h5-7,9-10H,8H2,1-4H3. The van der Waals surface area contributed by atoms with Gasteiger partial charge in [-0.2, -0.15) is 0 Å². The summed E-state index contributed by atoms with van der Waals surface area (Å²) in [6.07, 6.45) is 0. The van der Waals surface area contributed by atoms with Crippen molar-refractivity contribution in [2.45, 2.75) is 31.8 Å². The molecule has 0 bridgehead atoms. The molecule has 0 aliphatic rings. The van der Waals surface area contributed by atoms with E-state index in [0.29, 0.717) is 6.04 Å². The van der Waals surface area contributed by atoms with Crippen LogP contribution >= 0.6 is 27.5 Å². The Morgan fingerprint density at radius 2 is 2.05 bits per heavy atom. The van der Waals surface area contributed by atoms with Gasteiger partial charge in [-0.25, -0.2) is 4.98 Å². The molecule has 0 aliphatic heterocycles. The van der Waals surface area contributed by atoms with Crippen LogP contribution in [0.15, 0.2) is 22.7 Å². The summed E-state index contributed by atoms with van der Waals surface area (Å²) in [5.74, 6) is 0.934. The van der Waals surface area contributed by atoms with E-state index in [0.717, 1.165) is 27.9 Å². The van der Waals surface area contributed by atoms with E-state index in [1.54, 1.807) is 0 Å². The van der Waals surface area contributed by atoms with Crippen molar-refractivity contribution < 1.29 is 0 Å². The first kappa shape index (κ1) is 14.8. The molecule has 0 saturated heterocycles. The molecule has 0 radical (unpaired) electrons. The largest absolute Gasteiger partial charge is 0.325 e. The van der Waals surface area contributed by atoms with Gasteiger partial charge >= 0.3 is 0 Å². The molecule has 0 aliphatic carbocycles. The summed E-state index contributed by atoms with van der Waals surface area (Å²) >= 11 is 9.80. The van der Waals surface area contributed by atoms with Crippen LogP contribution in [0.2, 0.25) is 0 Å². The maximum absolute atomic E-state index is 6.27. The van der Waals surface area contributed by atoms with Gasteiger partial charge in [-0.05, 0) is 46.1 Å². The Kier molecular flexibility index (Phi) is 4.54. The predicted molar refractivity (Wildman–Crippen MR) is 84.9 cm³/mol. The molecule has 2 atom stereocenters. The van der Waals surface area contributed by atoms with Crippen LogP contribution in [0.4, 0.5) is 0 Å². The zero-order valence-corrected chi connectivity index (χ0v) is 14.0. The Bertz CT molecular complexity index is 577. The molecule has 1 heterocycles. The first-order valence-corrected chi connectivity index (χ1v) is 7.59. The molecular formula is C14H19BrClN3. The summed E-state index contributed by atoms with van der Waals surface area (Å²) in [5, 5.41) is -0.0967. The average molecular weight is 345 g/mol. The van der Waals surface area contributed by atoms with E-state index in [4.69, 9.17) is 11.6 Å². The van der Waals surface area contributed by atoms with Crippen LogP contribution < -0.4 is 0 Å². The van der Waals surface area contributed by atoms with Crippen LogP contribution in [0.25, 0.3) is 11.0 Å². The van der Waals surface area contributed by atoms with E-state index in [2.05, 4.69) is 57.5 Å². The van der Waals surface area contributed by atoms with E-state index in [-0.39, 0.29) is 5.38 Å². The fourth-order valence-electron chi connectivity index (χ4n) is 2.04. The molecule has 0 fully saturated rings. The number of benzene rings is 1. The molecule has 104 valence electrons. The van der Waals surface area contributed by atoms with E-state index in [9.17, 15) is 0 Å². The lowest BCUT2D eigenvalue weighted by Crippen LogP contribution is -2.29. The highest BCUT2D eigenvalue weighted by atomic mass is 79.9. The maximum atomic E-state index is 6.27. The SMILES string of the molecule is CC(Cl)c1nc2ccc(Br)cc2n1CC(C)N(C)C. The van der Waals surface area contributed by atoms with Crippen molar-refractivity contribution in [3.8, 4) is 0 Å². The minimum atomic E-state index is -0.0967. The smallest absolute Gasteiger partial charge is 0.127 e. The lowest BCUT2D eigenvalue weighted by Gasteiger charge is -2.22. The molecule has 0 saturated carbocycles. The molecule has 1 aromatic heterocycles. The molecule has 3 nitrogen and oxygen atoms in total. The van der Waals surface area contributed by atoms with Crippen LogP contribution in [-0.4, -0.2) is 34.6 Å². The minimum absolute atomic E-state index is 0.0967. The zero-order valence-electron chi connectivity index (χ0n) is 11.7. The number of halogens is 2. The summed E-state index contributed by atoms with van der Waals surface area (Å²) in [6.45, 7) is 5.05. The van der Waals surface area contributed by atoms with Crippen molar-refractivity contribution in [1.29, 1.82) is 0 Å². The van der Waals surface area contributed by atoms with E-state index < -0.39 is 0 Å². The van der Waals surface area contributed by atoms with Crippen molar-refractivity contribution >= 4 is 38.6 Å². The summed E-state index contributed by atoms with van der Waals surface area (Å²) in [5.41, 5.74) is 2.13. The first-order chi connectivity index (χ1) is 8.90. The van der Waals surface area contributed by atoms with Crippen LogP contribution in [0.5, 0.6) is 0 Å². The number of alkyl halides is 1. The van der Waals surface area contributed by atoms with Gasteiger partial charge in [0.15, 0.2) is 0 Å². The van der Waals surface area contributed by atoms with Gasteiger partial charge in [0.05, 0.1) is 16.4 Å². The van der Waals surface area contributed by atoms with Crippen molar-refractivity contribution in [2.75, 3.05) is 14.1 Å². The predicted octanol–water partition coefficient (Wildman–Crippen LogP) is 4.05. The van der Waals surface area contributed by atoms with Gasteiger partial charge in [0.2, 0.25) is 0 Å². The monoisotopic (exact) mass is 343 g/mol. The average Bonchev–Trinajstić information content (AvgIpc) is 2.67. The van der Waals surface area contributed by atoms with Gasteiger partial charge < -0.3 is 9.47 Å². The second-order valence-corrected chi connectivity index (χ2v) is 6.71. The quantitative estimate of drug-likeness (QED) is 0.780. The highest BCUT2D eigenvalue weighted by Gasteiger charge is 2.17. The summed E-state index contributed by atoms with van der Waals surface area (Å²) in [4.78, 5) is 6.86. The number of likely N-dealkylation sites (N-methyl/N-ethyl adjacent to an activating group) is 1. The normalized spacial score (nSPS) is 15.1. The molecule has 19 heavy (non-hydrogen) atoms. The second kappa shape index (κ2) is 5.81. The summed E-state index contributed by atoms with van der Waals surface area (Å²) < 4.78 is 3.29. The van der Waals surface area contributed by atoms with Gasteiger partial charge in [-0.15, -0.1) is 11.6 Å². The number of nitrogens with zero attached hydrogens (tertiary/aromatic N) is 3. The first-order valence-electron chi connectivity index (χ1n) is 6.36. The third-order valence-electron chi connectivity index (χ3n) is 3.42. The van der Waals surface area contributed by atoms with Crippen molar-refractivity contribution in [1.82, 2.24) is 14.5 Å². The number of imidazole rings is 1. The summed E-state index contributed by atoms with van der Waals surface area (Å²) in [6, 6.07) is 6.56. The second-order valence-electron chi connectivity index (χ2n) is 5.14. The Balaban J connectivity index is 2.54. The van der Waals surface area contributed by atoms with E-state index in [1.807, 2.05) is 19.1 Å². The number of hydrogen-bond acceptors (Lipinski definition) is 2. The topological polar surface area (TPSA) is 21.1 Å². The Morgan fingerprint density at radius 1 is 1.37 bits per heavy atom. The molecular weight excluding hydrogens is 326 g/mol. The van der Waals surface area contributed by atoms with E-state index in [1.165, 1.54) is 0 Å². The molecule has 2 rings (SSSR count). The van der Waals surface area contributed by atoms with Crippen LogP contribution in [0.1, 0.15) is 25.0 Å². The molecule has 0 N–H and O–H groups in total. The fourth-order valence-corrected chi connectivity index (χ4v) is 2.55. The molecule has 2 aromatic rings. The molecule has 0 spiro atoms. The third kappa shape index (κ3) is 3.12. The number of fused-ring (bicyclic) bond motifs is 1. The number of rotatable bonds is 4. The minimum Gasteiger partial charge on any atom is -0.325 e. The van der Waals surface area contributed by atoms with Gasteiger partial charge in [0, 0.05) is 17.1 Å². The highest BCUT2D eigenvalue weighted by molar-refractivity contribution is 9.10. The Labute approximate surface area is 127 Å². The molecule has 2 unspecified atom stereocenters. The van der Waals surface area contributed by atoms with Gasteiger partial charge in [-0.1, -0.05) is 15.9 Å². The molecule has 5 heteroatoms. The third-order valence-corrected chi connectivity index (χ3v) is 4.11. The van der Waals surface area contributed by atoms with E-state index >= 15 is 0 Å². The molecule has 0 amide bonds. The van der Waals surface area contributed by atoms with Crippen molar-refractivity contribution in [3.63, 3.8) is 0 Å². The van der Waals surface area contributed by atoms with Crippen LogP contribution in [0, 0.1) is 0 Å². The Hall–Kier alpha value is -0.580. The van der Waals surface area contributed by atoms with Gasteiger partial charge in [0.25, 0.3) is 0 Å². The highest BCUT2D eigenvalue weighted by Crippen LogP contribution is 2.27. The summed E-state index contributed by atoms with van der Waals surface area (Å²) in [7, 11) is 4.17. The number of hydrogen-bond donors (Lipinski definition) is 0. The Morgan fingerprint density at radius 3 is 2.63 bits per heavy atom. The lowest BCUT2D eigenvalue weighted by molar-refractivity contribution is 0.284. The van der Waals surface area contributed by atoms with Gasteiger partial charge in [-0.3, -0.25) is 0 Å². The lowest BCUT2D eigenvalue weighted by atomic mass is 10.2. The van der Waals surface area contributed by atoms with Crippen molar-refractivity contribution in [3.05, 3.63) is 28.5 Å². The fraction of sp³-hybridized carbons (Fsp3) is 0.500. The van der Waals surface area contributed by atoms with Gasteiger partial charge in [0.1, 0.15) is 5.82 Å². The maximum Gasteiger partial charge on any atom is 0.127 e.